The van der Waals surface area contributed by atoms with Crippen molar-refractivity contribution in [2.75, 3.05) is 46.4 Å². The number of benzene rings is 1. The smallest absolute Gasteiger partial charge is 0.194 e. The molecule has 8 nitrogen and oxygen atoms in total. The summed E-state index contributed by atoms with van der Waals surface area (Å²) in [4.78, 5) is 9.25. The summed E-state index contributed by atoms with van der Waals surface area (Å²) in [5.41, 5.74) is 1.79. The van der Waals surface area contributed by atoms with E-state index in [-0.39, 0.29) is 0 Å². The van der Waals surface area contributed by atoms with Crippen molar-refractivity contribution >= 4 is 5.96 Å². The zero-order valence-electron chi connectivity index (χ0n) is 16.5. The third-order valence-corrected chi connectivity index (χ3v) is 4.80. The number of rotatable bonds is 7. The predicted molar refractivity (Wildman–Crippen MR) is 107 cm³/mol. The number of aliphatic hydroxyl groups is 1. The van der Waals surface area contributed by atoms with Crippen molar-refractivity contribution in [1.82, 2.24) is 20.3 Å². The topological polar surface area (TPSA) is 86.4 Å². The number of guanidine groups is 1. The molecule has 152 valence electrons. The molecule has 0 bridgehead atoms. The number of aliphatic imine (C=N–C) groups is 1. The van der Waals surface area contributed by atoms with Gasteiger partial charge in [-0.15, -0.1) is 0 Å². The van der Waals surface area contributed by atoms with Crippen molar-refractivity contribution in [3.05, 3.63) is 47.9 Å². The van der Waals surface area contributed by atoms with E-state index in [1.165, 1.54) is 0 Å². The van der Waals surface area contributed by atoms with Crippen molar-refractivity contribution in [1.29, 1.82) is 0 Å². The lowest BCUT2D eigenvalue weighted by Crippen LogP contribution is -2.52. The molecule has 0 aliphatic carbocycles. The van der Waals surface area contributed by atoms with Gasteiger partial charge in [-0.2, -0.15) is 0 Å². The molecular formula is C20H29N5O3. The minimum Gasteiger partial charge on any atom is -0.497 e. The van der Waals surface area contributed by atoms with Gasteiger partial charge in [0.15, 0.2) is 5.96 Å². The van der Waals surface area contributed by atoms with E-state index in [2.05, 4.69) is 32.2 Å². The molecular weight excluding hydrogens is 358 g/mol. The molecule has 0 spiro atoms. The highest BCUT2D eigenvalue weighted by Gasteiger charge is 2.20. The van der Waals surface area contributed by atoms with E-state index in [0.29, 0.717) is 6.54 Å². The molecule has 2 aromatic rings. The van der Waals surface area contributed by atoms with Gasteiger partial charge in [-0.05, 0) is 24.6 Å². The maximum atomic E-state index is 10.5. The molecule has 2 N–H and O–H groups in total. The van der Waals surface area contributed by atoms with E-state index >= 15 is 0 Å². The fourth-order valence-corrected chi connectivity index (χ4v) is 3.20. The average Bonchev–Trinajstić information content (AvgIpc) is 3.24. The molecule has 1 fully saturated rings. The summed E-state index contributed by atoms with van der Waals surface area (Å²) in [7, 11) is 1.63. The zero-order valence-corrected chi connectivity index (χ0v) is 16.5. The van der Waals surface area contributed by atoms with Gasteiger partial charge in [0.25, 0.3) is 0 Å². The first-order valence-electron chi connectivity index (χ1n) is 9.66. The van der Waals surface area contributed by atoms with Gasteiger partial charge in [-0.1, -0.05) is 17.3 Å². The fraction of sp³-hybridized carbons (Fsp3) is 0.500. The third kappa shape index (κ3) is 5.46. The van der Waals surface area contributed by atoms with Crippen LogP contribution < -0.4 is 10.1 Å². The largest absolute Gasteiger partial charge is 0.497 e. The highest BCUT2D eigenvalue weighted by Crippen LogP contribution is 2.18. The Hall–Kier alpha value is -2.58. The Kier molecular flexibility index (Phi) is 7.27. The number of nitrogens with zero attached hydrogens (tertiary/aromatic N) is 4. The normalized spacial score (nSPS) is 16.8. The van der Waals surface area contributed by atoms with Crippen LogP contribution >= 0.6 is 0 Å². The molecule has 1 aromatic heterocycles. The van der Waals surface area contributed by atoms with Crippen molar-refractivity contribution < 1.29 is 14.4 Å². The highest BCUT2D eigenvalue weighted by molar-refractivity contribution is 5.80. The van der Waals surface area contributed by atoms with Crippen molar-refractivity contribution in [3.8, 4) is 5.75 Å². The van der Waals surface area contributed by atoms with Gasteiger partial charge >= 0.3 is 0 Å². The third-order valence-electron chi connectivity index (χ3n) is 4.80. The van der Waals surface area contributed by atoms with Crippen LogP contribution in [0.2, 0.25) is 0 Å². The molecule has 1 atom stereocenters. The van der Waals surface area contributed by atoms with E-state index in [9.17, 15) is 5.11 Å². The number of hydrogen-bond donors (Lipinski definition) is 2. The SMILES string of the molecule is CCNC(=NCC(O)c1ccc(OC)cc1)N1CCN(Cc2ccon2)CC1. The molecule has 2 heterocycles. The van der Waals surface area contributed by atoms with Crippen LogP contribution in [0.15, 0.2) is 46.1 Å². The van der Waals surface area contributed by atoms with Crippen LogP contribution in [-0.2, 0) is 6.54 Å². The summed E-state index contributed by atoms with van der Waals surface area (Å²) in [6.45, 7) is 7.57. The molecule has 1 unspecified atom stereocenters. The first-order chi connectivity index (χ1) is 13.7. The summed E-state index contributed by atoms with van der Waals surface area (Å²) in [5, 5.41) is 17.8. The zero-order chi connectivity index (χ0) is 19.8. The minimum atomic E-state index is -0.645. The Morgan fingerprint density at radius 1 is 1.25 bits per heavy atom. The second-order valence-corrected chi connectivity index (χ2v) is 6.74. The Morgan fingerprint density at radius 3 is 2.61 bits per heavy atom. The number of aromatic nitrogens is 1. The molecule has 1 aliphatic rings. The molecule has 0 amide bonds. The van der Waals surface area contributed by atoms with Gasteiger partial charge in [0.05, 0.1) is 25.5 Å². The number of hydrogen-bond acceptors (Lipinski definition) is 6. The van der Waals surface area contributed by atoms with Crippen molar-refractivity contribution in [2.24, 2.45) is 4.99 Å². The summed E-state index contributed by atoms with van der Waals surface area (Å²) in [6.07, 6.45) is 0.961. The lowest BCUT2D eigenvalue weighted by Gasteiger charge is -2.36. The summed E-state index contributed by atoms with van der Waals surface area (Å²) in [5.74, 6) is 1.62. The minimum absolute atomic E-state index is 0.313. The molecule has 1 aliphatic heterocycles. The lowest BCUT2D eigenvalue weighted by atomic mass is 10.1. The molecule has 1 saturated heterocycles. The first kappa shape index (κ1) is 20.2. The monoisotopic (exact) mass is 387 g/mol. The average molecular weight is 387 g/mol. The van der Waals surface area contributed by atoms with Gasteiger partial charge in [-0.25, -0.2) is 0 Å². The van der Waals surface area contributed by atoms with E-state index in [0.717, 1.165) is 62.2 Å². The Balaban J connectivity index is 1.54. The Bertz CT molecular complexity index is 725. The van der Waals surface area contributed by atoms with E-state index in [4.69, 9.17) is 9.26 Å². The number of methoxy groups -OCH3 is 1. The maximum Gasteiger partial charge on any atom is 0.194 e. The number of ether oxygens (including phenoxy) is 1. The van der Waals surface area contributed by atoms with E-state index in [1.54, 1.807) is 13.4 Å². The van der Waals surface area contributed by atoms with Crippen LogP contribution in [0.25, 0.3) is 0 Å². The van der Waals surface area contributed by atoms with E-state index < -0.39 is 6.10 Å². The molecule has 0 saturated carbocycles. The van der Waals surface area contributed by atoms with Crippen LogP contribution in [0.1, 0.15) is 24.3 Å². The highest BCUT2D eigenvalue weighted by atomic mass is 16.5. The summed E-state index contributed by atoms with van der Waals surface area (Å²) in [6, 6.07) is 9.34. The number of aliphatic hydroxyl groups excluding tert-OH is 1. The van der Waals surface area contributed by atoms with Crippen LogP contribution in [0.5, 0.6) is 5.75 Å². The quantitative estimate of drug-likeness (QED) is 0.550. The van der Waals surface area contributed by atoms with Gasteiger partial charge < -0.3 is 24.6 Å². The maximum absolute atomic E-state index is 10.5. The number of piperazine rings is 1. The van der Waals surface area contributed by atoms with Gasteiger partial charge in [0, 0.05) is 45.3 Å². The second-order valence-electron chi connectivity index (χ2n) is 6.74. The molecule has 8 heteroatoms. The van der Waals surface area contributed by atoms with Crippen molar-refractivity contribution in [2.45, 2.75) is 19.6 Å². The summed E-state index contributed by atoms with van der Waals surface area (Å²) >= 11 is 0. The van der Waals surface area contributed by atoms with Crippen LogP contribution in [0, 0.1) is 0 Å². The predicted octanol–water partition coefficient (Wildman–Crippen LogP) is 1.50. The van der Waals surface area contributed by atoms with Gasteiger partial charge in [-0.3, -0.25) is 9.89 Å². The standard InChI is InChI=1S/C20H29N5O3/c1-3-21-20(22-14-19(26)16-4-6-18(27-2)7-5-16)25-11-9-24(10-12-25)15-17-8-13-28-23-17/h4-8,13,19,26H,3,9-12,14-15H2,1-2H3,(H,21,22). The fourth-order valence-electron chi connectivity index (χ4n) is 3.20. The summed E-state index contributed by atoms with van der Waals surface area (Å²) < 4.78 is 10.1. The van der Waals surface area contributed by atoms with Crippen LogP contribution in [-0.4, -0.2) is 72.4 Å². The second kappa shape index (κ2) is 10.1. The number of nitrogens with one attached hydrogen (secondary N) is 1. The Morgan fingerprint density at radius 2 is 2.00 bits per heavy atom. The van der Waals surface area contributed by atoms with E-state index in [1.807, 2.05) is 30.3 Å². The molecule has 0 radical (unpaired) electrons. The van der Waals surface area contributed by atoms with Crippen LogP contribution in [0.3, 0.4) is 0 Å². The Labute approximate surface area is 165 Å². The molecule has 3 rings (SSSR count). The molecule has 1 aromatic carbocycles. The van der Waals surface area contributed by atoms with Crippen molar-refractivity contribution in [3.63, 3.8) is 0 Å². The van der Waals surface area contributed by atoms with Gasteiger partial charge in [0.2, 0.25) is 0 Å². The lowest BCUT2D eigenvalue weighted by molar-refractivity contribution is 0.166. The first-order valence-corrected chi connectivity index (χ1v) is 9.66. The molecule has 28 heavy (non-hydrogen) atoms. The van der Waals surface area contributed by atoms with Crippen LogP contribution in [0.4, 0.5) is 0 Å². The van der Waals surface area contributed by atoms with Gasteiger partial charge in [0.1, 0.15) is 12.0 Å².